The second-order valence-electron chi connectivity index (χ2n) is 4.36. The van der Waals surface area contributed by atoms with E-state index < -0.39 is 6.10 Å². The van der Waals surface area contributed by atoms with Gasteiger partial charge in [-0.1, -0.05) is 55.6 Å². The number of thioether (sulfide) groups is 1. The highest BCUT2D eigenvalue weighted by Crippen LogP contribution is 2.25. The maximum absolute atomic E-state index is 10.1. The number of hydrogen-bond donors (Lipinski definition) is 1. The Morgan fingerprint density at radius 1 is 1.10 bits per heavy atom. The molecule has 0 aliphatic rings. The summed E-state index contributed by atoms with van der Waals surface area (Å²) in [5, 5.41) is 10.8. The van der Waals surface area contributed by atoms with Crippen molar-refractivity contribution in [1.29, 1.82) is 0 Å². The van der Waals surface area contributed by atoms with Crippen molar-refractivity contribution in [1.82, 2.24) is 0 Å². The zero-order valence-electron chi connectivity index (χ0n) is 10.5. The van der Waals surface area contributed by atoms with Crippen LogP contribution in [0.3, 0.4) is 0 Å². The molecule has 2 aromatic carbocycles. The number of hydrogen-bond acceptors (Lipinski definition) is 2. The third-order valence-corrected chi connectivity index (χ3v) is 5.19. The van der Waals surface area contributed by atoms with E-state index in [1.165, 1.54) is 0 Å². The van der Waals surface area contributed by atoms with Crippen LogP contribution in [0.2, 0.25) is 5.02 Å². The van der Waals surface area contributed by atoms with Crippen molar-refractivity contribution in [3.63, 3.8) is 0 Å². The molecule has 1 N–H and O–H groups in total. The first-order chi connectivity index (χ1) is 9.54. The summed E-state index contributed by atoms with van der Waals surface area (Å²) in [7, 11) is 0. The summed E-state index contributed by atoms with van der Waals surface area (Å²) in [4.78, 5) is 1.14. The third-order valence-electron chi connectivity index (χ3n) is 2.71. The van der Waals surface area contributed by atoms with Crippen LogP contribution >= 0.6 is 55.2 Å². The van der Waals surface area contributed by atoms with Crippen LogP contribution in [0, 0.1) is 0 Å². The Labute approximate surface area is 145 Å². The van der Waals surface area contributed by atoms with Gasteiger partial charge in [-0.2, -0.15) is 0 Å². The molecule has 0 heterocycles. The molecule has 0 bridgehead atoms. The van der Waals surface area contributed by atoms with E-state index in [2.05, 4.69) is 31.9 Å². The zero-order chi connectivity index (χ0) is 14.5. The van der Waals surface area contributed by atoms with Crippen molar-refractivity contribution in [2.75, 3.05) is 5.75 Å². The van der Waals surface area contributed by atoms with Gasteiger partial charge in [0.25, 0.3) is 0 Å². The van der Waals surface area contributed by atoms with Gasteiger partial charge in [-0.05, 0) is 35.9 Å². The molecule has 0 saturated carbocycles. The average molecular weight is 437 g/mol. The summed E-state index contributed by atoms with van der Waals surface area (Å²) < 4.78 is 2.00. The zero-order valence-corrected chi connectivity index (χ0v) is 15.3. The van der Waals surface area contributed by atoms with E-state index in [-0.39, 0.29) is 0 Å². The van der Waals surface area contributed by atoms with Crippen molar-refractivity contribution in [3.8, 4) is 0 Å². The van der Waals surface area contributed by atoms with Crippen LogP contribution < -0.4 is 0 Å². The molecule has 1 nitrogen and oxygen atoms in total. The Hall–Kier alpha value is -0.0000000000000000555. The highest BCUT2D eigenvalue weighted by atomic mass is 79.9. The van der Waals surface area contributed by atoms with Gasteiger partial charge >= 0.3 is 0 Å². The number of benzene rings is 2. The van der Waals surface area contributed by atoms with Gasteiger partial charge in [0.05, 0.1) is 6.10 Å². The van der Waals surface area contributed by atoms with Crippen molar-refractivity contribution < 1.29 is 5.11 Å². The molecule has 2 rings (SSSR count). The molecule has 0 fully saturated rings. The molecule has 0 spiro atoms. The Morgan fingerprint density at radius 2 is 1.85 bits per heavy atom. The van der Waals surface area contributed by atoms with Crippen molar-refractivity contribution in [3.05, 3.63) is 62.0 Å². The second-order valence-corrected chi connectivity index (χ2v) is 7.69. The van der Waals surface area contributed by atoms with E-state index in [1.807, 2.05) is 42.5 Å². The lowest BCUT2D eigenvalue weighted by Gasteiger charge is -2.12. The molecule has 106 valence electrons. The molecule has 0 aliphatic carbocycles. The summed E-state index contributed by atoms with van der Waals surface area (Å²) in [5.74, 6) is 0.642. The van der Waals surface area contributed by atoms with E-state index in [4.69, 9.17) is 11.6 Å². The van der Waals surface area contributed by atoms with Gasteiger partial charge in [-0.3, -0.25) is 0 Å². The summed E-state index contributed by atoms with van der Waals surface area (Å²) in [6.45, 7) is 0. The van der Waals surface area contributed by atoms with Crippen LogP contribution in [0.1, 0.15) is 5.56 Å². The van der Waals surface area contributed by atoms with E-state index in [9.17, 15) is 5.11 Å². The fraction of sp³-hybridized carbons (Fsp3) is 0.200. The third kappa shape index (κ3) is 5.08. The topological polar surface area (TPSA) is 20.2 Å². The van der Waals surface area contributed by atoms with Crippen LogP contribution in [0.4, 0.5) is 0 Å². The quantitative estimate of drug-likeness (QED) is 0.619. The fourth-order valence-corrected chi connectivity index (χ4v) is 3.94. The number of halogens is 3. The minimum atomic E-state index is -0.419. The van der Waals surface area contributed by atoms with Gasteiger partial charge in [-0.25, -0.2) is 0 Å². The SMILES string of the molecule is OC(CSc1cccc(Br)c1)Cc1ccc(Br)cc1Cl. The van der Waals surface area contributed by atoms with E-state index in [0.29, 0.717) is 17.2 Å². The number of rotatable bonds is 5. The van der Waals surface area contributed by atoms with Crippen LogP contribution in [-0.4, -0.2) is 17.0 Å². The van der Waals surface area contributed by atoms with Crippen LogP contribution in [0.25, 0.3) is 0 Å². The van der Waals surface area contributed by atoms with Gasteiger partial charge in [0.1, 0.15) is 0 Å². The van der Waals surface area contributed by atoms with Gasteiger partial charge in [0.2, 0.25) is 0 Å². The highest BCUT2D eigenvalue weighted by Gasteiger charge is 2.10. The monoisotopic (exact) mass is 434 g/mol. The molecule has 5 heteroatoms. The first kappa shape index (κ1) is 16.4. The normalized spacial score (nSPS) is 12.4. The molecule has 0 aromatic heterocycles. The lowest BCUT2D eigenvalue weighted by molar-refractivity contribution is 0.200. The summed E-state index contributed by atoms with van der Waals surface area (Å²) in [5.41, 5.74) is 0.970. The lowest BCUT2D eigenvalue weighted by atomic mass is 10.1. The van der Waals surface area contributed by atoms with E-state index in [0.717, 1.165) is 19.4 Å². The Kier molecular flexibility index (Phi) is 6.43. The van der Waals surface area contributed by atoms with E-state index in [1.54, 1.807) is 11.8 Å². The molecule has 20 heavy (non-hydrogen) atoms. The Morgan fingerprint density at radius 3 is 2.55 bits per heavy atom. The van der Waals surface area contributed by atoms with Crippen LogP contribution in [0.15, 0.2) is 56.3 Å². The minimum absolute atomic E-state index is 0.419. The maximum atomic E-state index is 10.1. The molecule has 0 radical (unpaired) electrons. The highest BCUT2D eigenvalue weighted by molar-refractivity contribution is 9.10. The molecule has 1 atom stereocenters. The van der Waals surface area contributed by atoms with Gasteiger partial charge in [0, 0.05) is 31.0 Å². The van der Waals surface area contributed by atoms with Crippen molar-refractivity contribution in [2.45, 2.75) is 17.4 Å². The predicted octanol–water partition coefficient (Wildman–Crippen LogP) is 5.56. The van der Waals surface area contributed by atoms with Crippen LogP contribution in [0.5, 0.6) is 0 Å². The molecular formula is C15H13Br2ClOS. The predicted molar refractivity (Wildman–Crippen MR) is 93.7 cm³/mol. The number of aliphatic hydroxyl groups is 1. The Bertz CT molecular complexity index is 592. The summed E-state index contributed by atoms with van der Waals surface area (Å²) >= 11 is 14.6. The summed E-state index contributed by atoms with van der Waals surface area (Å²) in [6.07, 6.45) is 0.144. The second kappa shape index (κ2) is 7.85. The Balaban J connectivity index is 1.90. The molecule has 0 saturated heterocycles. The fourth-order valence-electron chi connectivity index (χ4n) is 1.75. The average Bonchev–Trinajstić information content (AvgIpc) is 2.40. The first-order valence-electron chi connectivity index (χ1n) is 6.05. The molecular weight excluding hydrogens is 423 g/mol. The summed E-state index contributed by atoms with van der Waals surface area (Å²) in [6, 6.07) is 13.8. The standard InChI is InChI=1S/C15H13Br2ClOS/c16-11-2-1-3-14(7-11)20-9-13(19)6-10-4-5-12(17)8-15(10)18/h1-5,7-8,13,19H,6,9H2. The lowest BCUT2D eigenvalue weighted by Crippen LogP contribution is -2.13. The maximum Gasteiger partial charge on any atom is 0.0674 e. The molecule has 0 aliphatic heterocycles. The molecule has 0 amide bonds. The van der Waals surface area contributed by atoms with Crippen LogP contribution in [-0.2, 0) is 6.42 Å². The minimum Gasteiger partial charge on any atom is -0.392 e. The van der Waals surface area contributed by atoms with Crippen molar-refractivity contribution >= 4 is 55.2 Å². The number of aliphatic hydroxyl groups excluding tert-OH is 1. The first-order valence-corrected chi connectivity index (χ1v) is 9.00. The smallest absolute Gasteiger partial charge is 0.0674 e. The van der Waals surface area contributed by atoms with E-state index >= 15 is 0 Å². The van der Waals surface area contributed by atoms with Gasteiger partial charge in [-0.15, -0.1) is 11.8 Å². The largest absolute Gasteiger partial charge is 0.392 e. The molecule has 1 unspecified atom stereocenters. The van der Waals surface area contributed by atoms with Gasteiger partial charge < -0.3 is 5.11 Å². The van der Waals surface area contributed by atoms with Gasteiger partial charge in [0.15, 0.2) is 0 Å². The van der Waals surface area contributed by atoms with Crippen molar-refractivity contribution in [2.24, 2.45) is 0 Å². The molecule has 2 aromatic rings.